The van der Waals surface area contributed by atoms with Crippen molar-refractivity contribution in [2.24, 2.45) is 5.73 Å². The standard InChI is InChI=1S/C15H16N2O4/c1-21-15(18)14(16)13(9-17(19)20)12-8-4-6-10-5-2-3-7-11(10)12/h2-8,13-14H,9,16H2,1H3/t13-,14+/m0/s1. The summed E-state index contributed by atoms with van der Waals surface area (Å²) >= 11 is 0. The molecule has 0 amide bonds. The molecule has 0 saturated carbocycles. The van der Waals surface area contributed by atoms with Gasteiger partial charge in [-0.1, -0.05) is 42.5 Å². The van der Waals surface area contributed by atoms with E-state index >= 15 is 0 Å². The van der Waals surface area contributed by atoms with Crippen molar-refractivity contribution in [2.75, 3.05) is 13.7 Å². The van der Waals surface area contributed by atoms with Crippen LogP contribution in [-0.4, -0.2) is 30.6 Å². The number of rotatable bonds is 5. The van der Waals surface area contributed by atoms with Gasteiger partial charge in [0.2, 0.25) is 6.54 Å². The normalized spacial score (nSPS) is 13.6. The fraction of sp³-hybridized carbons (Fsp3) is 0.267. The van der Waals surface area contributed by atoms with Gasteiger partial charge in [-0.15, -0.1) is 0 Å². The molecule has 0 aliphatic heterocycles. The zero-order chi connectivity index (χ0) is 15.4. The molecule has 0 heterocycles. The molecule has 0 aliphatic rings. The summed E-state index contributed by atoms with van der Waals surface area (Å²) in [6.45, 7) is -0.426. The number of hydrogen-bond donors (Lipinski definition) is 1. The van der Waals surface area contributed by atoms with Crippen LogP contribution in [0, 0.1) is 10.1 Å². The minimum Gasteiger partial charge on any atom is -0.468 e. The molecular weight excluding hydrogens is 272 g/mol. The second-order valence-electron chi connectivity index (χ2n) is 4.74. The first-order chi connectivity index (χ1) is 10.0. The minimum absolute atomic E-state index is 0.426. The van der Waals surface area contributed by atoms with Crippen molar-refractivity contribution in [2.45, 2.75) is 12.0 Å². The Morgan fingerprint density at radius 3 is 2.62 bits per heavy atom. The van der Waals surface area contributed by atoms with Crippen LogP contribution in [0.3, 0.4) is 0 Å². The molecular formula is C15H16N2O4. The van der Waals surface area contributed by atoms with E-state index in [1.807, 2.05) is 30.3 Å². The predicted octanol–water partition coefficient (Wildman–Crippen LogP) is 1.70. The number of hydrogen-bond acceptors (Lipinski definition) is 5. The van der Waals surface area contributed by atoms with Gasteiger partial charge in [-0.2, -0.15) is 0 Å². The highest BCUT2D eigenvalue weighted by Gasteiger charge is 2.32. The third-order valence-corrected chi connectivity index (χ3v) is 3.48. The van der Waals surface area contributed by atoms with Crippen LogP contribution in [0.25, 0.3) is 10.8 Å². The Morgan fingerprint density at radius 2 is 1.95 bits per heavy atom. The molecule has 21 heavy (non-hydrogen) atoms. The van der Waals surface area contributed by atoms with Crippen LogP contribution in [0.5, 0.6) is 0 Å². The van der Waals surface area contributed by atoms with Gasteiger partial charge in [0.25, 0.3) is 0 Å². The van der Waals surface area contributed by atoms with E-state index in [-0.39, 0.29) is 0 Å². The minimum atomic E-state index is -1.08. The van der Waals surface area contributed by atoms with Gasteiger partial charge in [-0.05, 0) is 16.3 Å². The Kier molecular flexibility index (Phi) is 4.49. The molecule has 0 aromatic heterocycles. The smallest absolute Gasteiger partial charge is 0.323 e. The van der Waals surface area contributed by atoms with Gasteiger partial charge in [0.1, 0.15) is 6.04 Å². The number of carbonyl (C=O) groups is 1. The Labute approximate surface area is 121 Å². The summed E-state index contributed by atoms with van der Waals surface area (Å²) < 4.78 is 4.62. The topological polar surface area (TPSA) is 95.5 Å². The van der Waals surface area contributed by atoms with Crippen molar-refractivity contribution in [3.8, 4) is 0 Å². The molecule has 0 radical (unpaired) electrons. The van der Waals surface area contributed by atoms with Crippen LogP contribution in [-0.2, 0) is 9.53 Å². The number of benzene rings is 2. The first-order valence-corrected chi connectivity index (χ1v) is 6.47. The average molecular weight is 288 g/mol. The van der Waals surface area contributed by atoms with Gasteiger partial charge in [0, 0.05) is 4.92 Å². The molecule has 0 fully saturated rings. The highest BCUT2D eigenvalue weighted by molar-refractivity contribution is 5.87. The number of ether oxygens (including phenoxy) is 1. The molecule has 2 rings (SSSR count). The maximum absolute atomic E-state index is 11.7. The molecule has 0 saturated heterocycles. The van der Waals surface area contributed by atoms with Crippen molar-refractivity contribution >= 4 is 16.7 Å². The summed E-state index contributed by atoms with van der Waals surface area (Å²) in [4.78, 5) is 22.1. The molecule has 0 unspecified atom stereocenters. The van der Waals surface area contributed by atoms with Crippen LogP contribution in [0.1, 0.15) is 11.5 Å². The SMILES string of the molecule is COC(=O)[C@H](N)[C@@H](C[N+](=O)[O-])c1cccc2ccccc12. The maximum Gasteiger partial charge on any atom is 0.323 e. The molecule has 2 atom stereocenters. The number of nitro groups is 1. The summed E-state index contributed by atoms with van der Waals surface area (Å²) in [5, 5.41) is 12.7. The molecule has 0 spiro atoms. The second-order valence-corrected chi connectivity index (χ2v) is 4.74. The number of esters is 1. The van der Waals surface area contributed by atoms with E-state index in [0.717, 1.165) is 10.8 Å². The van der Waals surface area contributed by atoms with E-state index < -0.39 is 29.4 Å². The molecule has 0 bridgehead atoms. The van der Waals surface area contributed by atoms with Crippen molar-refractivity contribution in [1.82, 2.24) is 0 Å². The quantitative estimate of drug-likeness (QED) is 0.513. The molecule has 6 nitrogen and oxygen atoms in total. The number of nitrogens with zero attached hydrogens (tertiary/aromatic N) is 1. The monoisotopic (exact) mass is 288 g/mol. The summed E-state index contributed by atoms with van der Waals surface area (Å²) in [5.74, 6) is -1.40. The number of carbonyl (C=O) groups excluding carboxylic acids is 1. The average Bonchev–Trinajstić information content (AvgIpc) is 2.50. The Bertz CT molecular complexity index is 666. The third kappa shape index (κ3) is 3.17. The third-order valence-electron chi connectivity index (χ3n) is 3.48. The van der Waals surface area contributed by atoms with Crippen molar-refractivity contribution < 1.29 is 14.5 Å². The van der Waals surface area contributed by atoms with E-state index in [4.69, 9.17) is 5.73 Å². The fourth-order valence-corrected chi connectivity index (χ4v) is 2.44. The number of nitrogens with two attached hydrogens (primary N) is 1. The van der Waals surface area contributed by atoms with Gasteiger partial charge in [-0.25, -0.2) is 0 Å². The first kappa shape index (κ1) is 14.9. The zero-order valence-corrected chi connectivity index (χ0v) is 11.6. The summed E-state index contributed by atoms with van der Waals surface area (Å²) in [7, 11) is 1.22. The van der Waals surface area contributed by atoms with Gasteiger partial charge < -0.3 is 10.5 Å². The van der Waals surface area contributed by atoms with E-state index in [1.165, 1.54) is 7.11 Å². The predicted molar refractivity (Wildman–Crippen MR) is 78.5 cm³/mol. The first-order valence-electron chi connectivity index (χ1n) is 6.47. The van der Waals surface area contributed by atoms with Gasteiger partial charge >= 0.3 is 5.97 Å². The van der Waals surface area contributed by atoms with Gasteiger partial charge in [0.05, 0.1) is 13.0 Å². The number of methoxy groups -OCH3 is 1. The molecule has 2 aromatic rings. The lowest BCUT2D eigenvalue weighted by Gasteiger charge is -2.20. The van der Waals surface area contributed by atoms with Crippen LogP contribution in [0.2, 0.25) is 0 Å². The second kappa shape index (κ2) is 6.32. The molecule has 2 aromatic carbocycles. The van der Waals surface area contributed by atoms with Crippen LogP contribution in [0.4, 0.5) is 0 Å². The van der Waals surface area contributed by atoms with E-state index in [2.05, 4.69) is 4.74 Å². The van der Waals surface area contributed by atoms with Crippen molar-refractivity contribution in [3.05, 3.63) is 58.1 Å². The maximum atomic E-state index is 11.7. The molecule has 110 valence electrons. The molecule has 0 aliphatic carbocycles. The molecule has 2 N–H and O–H groups in total. The lowest BCUT2D eigenvalue weighted by molar-refractivity contribution is -0.483. The lowest BCUT2D eigenvalue weighted by Crippen LogP contribution is -2.40. The Morgan fingerprint density at radius 1 is 1.29 bits per heavy atom. The highest BCUT2D eigenvalue weighted by atomic mass is 16.6. The number of fused-ring (bicyclic) bond motifs is 1. The van der Waals surface area contributed by atoms with Crippen LogP contribution < -0.4 is 5.73 Å². The van der Waals surface area contributed by atoms with Gasteiger partial charge in [-0.3, -0.25) is 14.9 Å². The zero-order valence-electron chi connectivity index (χ0n) is 11.6. The summed E-state index contributed by atoms with van der Waals surface area (Å²) in [6, 6.07) is 11.9. The van der Waals surface area contributed by atoms with E-state index in [9.17, 15) is 14.9 Å². The Hall–Kier alpha value is -2.47. The van der Waals surface area contributed by atoms with Crippen LogP contribution in [0.15, 0.2) is 42.5 Å². The summed E-state index contributed by atoms with van der Waals surface area (Å²) in [6.07, 6.45) is 0. The van der Waals surface area contributed by atoms with Crippen molar-refractivity contribution in [1.29, 1.82) is 0 Å². The highest BCUT2D eigenvalue weighted by Crippen LogP contribution is 2.28. The largest absolute Gasteiger partial charge is 0.468 e. The Balaban J connectivity index is 2.53. The van der Waals surface area contributed by atoms with Gasteiger partial charge in [0.15, 0.2) is 0 Å². The summed E-state index contributed by atoms with van der Waals surface area (Å²) in [5.41, 5.74) is 6.55. The fourth-order valence-electron chi connectivity index (χ4n) is 2.44. The van der Waals surface area contributed by atoms with E-state index in [0.29, 0.717) is 5.56 Å². The lowest BCUT2D eigenvalue weighted by atomic mass is 9.88. The van der Waals surface area contributed by atoms with Crippen molar-refractivity contribution in [3.63, 3.8) is 0 Å². The van der Waals surface area contributed by atoms with Crippen LogP contribution >= 0.6 is 0 Å². The molecule has 6 heteroatoms. The van der Waals surface area contributed by atoms with E-state index in [1.54, 1.807) is 12.1 Å².